The number of amides is 1. The third kappa shape index (κ3) is 5.05. The minimum atomic E-state index is -0.246. The number of carbonyl (C=O) groups excluding carboxylic acids is 1. The van der Waals surface area contributed by atoms with Crippen molar-refractivity contribution in [1.82, 2.24) is 5.43 Å². The number of rotatable bonds is 6. The van der Waals surface area contributed by atoms with Gasteiger partial charge in [-0.25, -0.2) is 5.43 Å². The highest BCUT2D eigenvalue weighted by Crippen LogP contribution is 2.12. The molecule has 0 aliphatic carbocycles. The van der Waals surface area contributed by atoms with Crippen molar-refractivity contribution >= 4 is 12.1 Å². The van der Waals surface area contributed by atoms with Gasteiger partial charge in [0.05, 0.1) is 6.21 Å². The molecule has 1 N–H and O–H groups in total. The fraction of sp³-hybridized carbons (Fsp3) is 0.0909. The summed E-state index contributed by atoms with van der Waals surface area (Å²) in [6.45, 7) is 2.47. The van der Waals surface area contributed by atoms with Crippen LogP contribution < -0.4 is 10.2 Å². The molecule has 130 valence electrons. The van der Waals surface area contributed by atoms with Crippen LogP contribution in [0.15, 0.2) is 84.0 Å². The standard InChI is InChI=1S/C22H20N2O2/c1-17-6-5-7-19(14-17)15-23-24-22(25)20-12-10-18(11-13-20)16-26-21-8-3-2-4-9-21/h2-15H,16H2,1H3,(H,24,25)/b23-15-. The summed E-state index contributed by atoms with van der Waals surface area (Å²) in [6, 6.07) is 24.8. The fourth-order valence-corrected chi connectivity index (χ4v) is 2.42. The third-order valence-corrected chi connectivity index (χ3v) is 3.79. The summed E-state index contributed by atoms with van der Waals surface area (Å²) in [5.74, 6) is 0.573. The average Bonchev–Trinajstić information content (AvgIpc) is 2.67. The number of hydrazone groups is 1. The van der Waals surface area contributed by atoms with Crippen LogP contribution in [0.4, 0.5) is 0 Å². The number of aryl methyl sites for hydroxylation is 1. The van der Waals surface area contributed by atoms with Gasteiger partial charge in [-0.05, 0) is 42.3 Å². The number of hydrogen-bond acceptors (Lipinski definition) is 3. The Bertz CT molecular complexity index is 888. The number of hydrogen-bond donors (Lipinski definition) is 1. The Morgan fingerprint density at radius 2 is 1.77 bits per heavy atom. The molecular formula is C22H20N2O2. The fourth-order valence-electron chi connectivity index (χ4n) is 2.42. The molecule has 0 bridgehead atoms. The second kappa shape index (κ2) is 8.62. The predicted octanol–water partition coefficient (Wildman–Crippen LogP) is 4.34. The molecule has 3 aromatic carbocycles. The van der Waals surface area contributed by atoms with E-state index in [9.17, 15) is 4.79 Å². The first-order valence-corrected chi connectivity index (χ1v) is 8.37. The van der Waals surface area contributed by atoms with Gasteiger partial charge in [0, 0.05) is 5.56 Å². The van der Waals surface area contributed by atoms with Crippen molar-refractivity contribution in [3.63, 3.8) is 0 Å². The molecule has 0 saturated carbocycles. The van der Waals surface area contributed by atoms with Gasteiger partial charge in [0.1, 0.15) is 12.4 Å². The first-order valence-electron chi connectivity index (χ1n) is 8.37. The van der Waals surface area contributed by atoms with Gasteiger partial charge in [-0.3, -0.25) is 4.79 Å². The highest BCUT2D eigenvalue weighted by atomic mass is 16.5. The van der Waals surface area contributed by atoms with Crippen molar-refractivity contribution in [2.45, 2.75) is 13.5 Å². The van der Waals surface area contributed by atoms with Crippen molar-refractivity contribution in [2.75, 3.05) is 0 Å². The first-order chi connectivity index (χ1) is 12.7. The smallest absolute Gasteiger partial charge is 0.271 e. The topological polar surface area (TPSA) is 50.7 Å². The summed E-state index contributed by atoms with van der Waals surface area (Å²) in [5, 5.41) is 4.01. The van der Waals surface area contributed by atoms with Gasteiger partial charge >= 0.3 is 0 Å². The molecule has 0 unspecified atom stereocenters. The van der Waals surface area contributed by atoms with Crippen molar-refractivity contribution in [3.8, 4) is 5.75 Å². The molecule has 0 spiro atoms. The quantitative estimate of drug-likeness (QED) is 0.534. The summed E-state index contributed by atoms with van der Waals surface area (Å²) < 4.78 is 5.69. The Morgan fingerprint density at radius 3 is 2.50 bits per heavy atom. The van der Waals surface area contributed by atoms with Crippen LogP contribution in [0.2, 0.25) is 0 Å². The summed E-state index contributed by atoms with van der Waals surface area (Å²) in [5.41, 5.74) is 6.18. The molecule has 3 rings (SSSR count). The van der Waals surface area contributed by atoms with Gasteiger partial charge in [0.2, 0.25) is 0 Å². The molecule has 0 aromatic heterocycles. The van der Waals surface area contributed by atoms with Crippen molar-refractivity contribution in [2.24, 2.45) is 5.10 Å². The zero-order chi connectivity index (χ0) is 18.2. The maximum Gasteiger partial charge on any atom is 0.271 e. The van der Waals surface area contributed by atoms with Crippen molar-refractivity contribution < 1.29 is 9.53 Å². The van der Waals surface area contributed by atoms with E-state index in [2.05, 4.69) is 10.5 Å². The Morgan fingerprint density at radius 1 is 1.00 bits per heavy atom. The molecule has 26 heavy (non-hydrogen) atoms. The lowest BCUT2D eigenvalue weighted by Crippen LogP contribution is -2.17. The Kier molecular flexibility index (Phi) is 5.78. The molecule has 1 amide bonds. The lowest BCUT2D eigenvalue weighted by Gasteiger charge is -2.06. The largest absolute Gasteiger partial charge is 0.489 e. The van der Waals surface area contributed by atoms with Gasteiger partial charge in [-0.2, -0.15) is 5.10 Å². The van der Waals surface area contributed by atoms with E-state index < -0.39 is 0 Å². The van der Waals surface area contributed by atoms with E-state index in [-0.39, 0.29) is 5.91 Å². The summed E-state index contributed by atoms with van der Waals surface area (Å²) in [6.07, 6.45) is 1.63. The number of carbonyl (C=O) groups is 1. The average molecular weight is 344 g/mol. The van der Waals surface area contributed by atoms with Gasteiger partial charge in [-0.15, -0.1) is 0 Å². The van der Waals surface area contributed by atoms with E-state index in [1.165, 1.54) is 0 Å². The monoisotopic (exact) mass is 344 g/mol. The van der Waals surface area contributed by atoms with E-state index in [0.717, 1.165) is 22.4 Å². The number of benzene rings is 3. The highest BCUT2D eigenvalue weighted by Gasteiger charge is 2.04. The summed E-state index contributed by atoms with van der Waals surface area (Å²) in [7, 11) is 0. The van der Waals surface area contributed by atoms with Crippen molar-refractivity contribution in [1.29, 1.82) is 0 Å². The maximum absolute atomic E-state index is 12.1. The van der Waals surface area contributed by atoms with Crippen LogP contribution in [-0.2, 0) is 6.61 Å². The molecule has 0 heterocycles. The van der Waals surface area contributed by atoms with Crippen LogP contribution >= 0.6 is 0 Å². The van der Waals surface area contributed by atoms with Gasteiger partial charge in [-0.1, -0.05) is 60.2 Å². The number of ether oxygens (including phenoxy) is 1. The van der Waals surface area contributed by atoms with Crippen LogP contribution in [0.3, 0.4) is 0 Å². The molecule has 0 aliphatic rings. The van der Waals surface area contributed by atoms with E-state index in [1.54, 1.807) is 18.3 Å². The van der Waals surface area contributed by atoms with Crippen LogP contribution in [0.1, 0.15) is 27.0 Å². The molecule has 0 radical (unpaired) electrons. The number of nitrogens with zero attached hydrogens (tertiary/aromatic N) is 1. The van der Waals surface area contributed by atoms with Crippen LogP contribution in [0.25, 0.3) is 0 Å². The third-order valence-electron chi connectivity index (χ3n) is 3.79. The number of para-hydroxylation sites is 1. The Hall–Kier alpha value is -3.40. The lowest BCUT2D eigenvalue weighted by atomic mass is 10.1. The first kappa shape index (κ1) is 17.4. The highest BCUT2D eigenvalue weighted by molar-refractivity contribution is 5.94. The Labute approximate surface area is 153 Å². The van der Waals surface area contributed by atoms with Crippen molar-refractivity contribution in [3.05, 3.63) is 101 Å². The zero-order valence-electron chi connectivity index (χ0n) is 14.6. The molecule has 4 heteroatoms. The molecule has 0 saturated heterocycles. The van der Waals surface area contributed by atoms with Gasteiger partial charge < -0.3 is 4.74 Å². The SMILES string of the molecule is Cc1cccc(/C=N\NC(=O)c2ccc(COc3ccccc3)cc2)c1. The molecule has 0 aliphatic heterocycles. The molecule has 3 aromatic rings. The Balaban J connectivity index is 1.53. The second-order valence-corrected chi connectivity index (χ2v) is 5.91. The van der Waals surface area contributed by atoms with E-state index in [4.69, 9.17) is 4.74 Å². The number of nitrogens with one attached hydrogen (secondary N) is 1. The minimum absolute atomic E-state index is 0.246. The molecule has 4 nitrogen and oxygen atoms in total. The minimum Gasteiger partial charge on any atom is -0.489 e. The summed E-state index contributed by atoms with van der Waals surface area (Å²) >= 11 is 0. The van der Waals surface area contributed by atoms with Crippen LogP contribution in [-0.4, -0.2) is 12.1 Å². The molecular weight excluding hydrogens is 324 g/mol. The molecule has 0 fully saturated rings. The second-order valence-electron chi connectivity index (χ2n) is 5.91. The van der Waals surface area contributed by atoms with Crippen LogP contribution in [0.5, 0.6) is 5.75 Å². The van der Waals surface area contributed by atoms with Crippen LogP contribution in [0, 0.1) is 6.92 Å². The lowest BCUT2D eigenvalue weighted by molar-refractivity contribution is 0.0955. The van der Waals surface area contributed by atoms with Gasteiger partial charge in [0.25, 0.3) is 5.91 Å². The molecule has 0 atom stereocenters. The predicted molar refractivity (Wildman–Crippen MR) is 103 cm³/mol. The van der Waals surface area contributed by atoms with Gasteiger partial charge in [0.15, 0.2) is 0 Å². The zero-order valence-corrected chi connectivity index (χ0v) is 14.6. The van der Waals surface area contributed by atoms with E-state index in [0.29, 0.717) is 12.2 Å². The van der Waals surface area contributed by atoms with E-state index in [1.807, 2.05) is 73.7 Å². The normalized spacial score (nSPS) is 10.7. The maximum atomic E-state index is 12.1. The van der Waals surface area contributed by atoms with E-state index >= 15 is 0 Å². The summed E-state index contributed by atoms with van der Waals surface area (Å²) in [4.78, 5) is 12.1.